The number of anilines is 1. The van der Waals surface area contributed by atoms with Gasteiger partial charge in [0.25, 0.3) is 5.91 Å². The normalized spacial score (nSPS) is 24.6. The van der Waals surface area contributed by atoms with E-state index in [0.717, 1.165) is 22.4 Å². The summed E-state index contributed by atoms with van der Waals surface area (Å²) in [6, 6.07) is 1.28. The molecule has 4 heterocycles. The van der Waals surface area contributed by atoms with Crippen LogP contribution in [0.4, 0.5) is 19.0 Å². The van der Waals surface area contributed by atoms with E-state index in [1.807, 2.05) is 5.38 Å². The molecule has 0 bridgehead atoms. The van der Waals surface area contributed by atoms with Crippen LogP contribution in [0, 0.1) is 0 Å². The van der Waals surface area contributed by atoms with Gasteiger partial charge < -0.3 is 15.4 Å². The maximum Gasteiger partial charge on any atom is 0.410 e. The molecule has 0 radical (unpaired) electrons. The van der Waals surface area contributed by atoms with Crippen LogP contribution in [0.1, 0.15) is 46.7 Å². The van der Waals surface area contributed by atoms with Crippen molar-refractivity contribution in [1.29, 1.82) is 0 Å². The highest BCUT2D eigenvalue weighted by molar-refractivity contribution is 9.10. The molecular weight excluding hydrogens is 461 g/mol. The molecule has 0 saturated carbocycles. The van der Waals surface area contributed by atoms with E-state index in [9.17, 15) is 18.0 Å². The van der Waals surface area contributed by atoms with Crippen LogP contribution in [-0.2, 0) is 4.74 Å². The van der Waals surface area contributed by atoms with Gasteiger partial charge >= 0.3 is 6.18 Å². The zero-order chi connectivity index (χ0) is 19.9. The molecule has 2 aromatic rings. The monoisotopic (exact) mass is 478 g/mol. The molecule has 28 heavy (non-hydrogen) atoms. The Labute approximate surface area is 171 Å². The van der Waals surface area contributed by atoms with Crippen molar-refractivity contribution in [3.8, 4) is 0 Å². The molecule has 0 aliphatic carbocycles. The fourth-order valence-corrected chi connectivity index (χ4v) is 4.85. The van der Waals surface area contributed by atoms with Gasteiger partial charge in [0.15, 0.2) is 11.7 Å². The topological polar surface area (TPSA) is 68.2 Å². The SMILES string of the molecule is O=C(NC[C@H]1CCCO1)c1nn2c(c1Br)N[C@@H](c1cccs1)C[C@@H]2C(F)(F)F. The number of halogens is 4. The lowest BCUT2D eigenvalue weighted by Gasteiger charge is -2.33. The zero-order valence-electron chi connectivity index (χ0n) is 14.6. The van der Waals surface area contributed by atoms with E-state index < -0.39 is 24.2 Å². The summed E-state index contributed by atoms with van der Waals surface area (Å²) in [7, 11) is 0. The van der Waals surface area contributed by atoms with E-state index in [1.54, 1.807) is 12.1 Å². The van der Waals surface area contributed by atoms with Gasteiger partial charge in [0.2, 0.25) is 0 Å². The first kappa shape index (κ1) is 19.7. The minimum Gasteiger partial charge on any atom is -0.376 e. The summed E-state index contributed by atoms with van der Waals surface area (Å²) in [5.74, 6) is -0.367. The Morgan fingerprint density at radius 3 is 2.96 bits per heavy atom. The van der Waals surface area contributed by atoms with E-state index in [-0.39, 0.29) is 28.5 Å². The molecule has 1 fully saturated rings. The van der Waals surface area contributed by atoms with E-state index in [2.05, 4.69) is 31.7 Å². The number of rotatable bonds is 4. The quantitative estimate of drug-likeness (QED) is 0.688. The predicted octanol–water partition coefficient (Wildman–Crippen LogP) is 4.28. The van der Waals surface area contributed by atoms with Gasteiger partial charge in [-0.15, -0.1) is 11.3 Å². The first-order valence-electron chi connectivity index (χ1n) is 8.89. The average molecular weight is 479 g/mol. The molecule has 2 aliphatic rings. The molecule has 1 amide bonds. The summed E-state index contributed by atoms with van der Waals surface area (Å²) in [6.45, 7) is 0.964. The molecule has 2 aromatic heterocycles. The Morgan fingerprint density at radius 1 is 1.50 bits per heavy atom. The largest absolute Gasteiger partial charge is 0.410 e. The number of nitrogens with zero attached hydrogens (tertiary/aromatic N) is 2. The van der Waals surface area contributed by atoms with Crippen molar-refractivity contribution in [2.24, 2.45) is 0 Å². The highest BCUT2D eigenvalue weighted by Crippen LogP contribution is 2.46. The van der Waals surface area contributed by atoms with Gasteiger partial charge in [-0.2, -0.15) is 18.3 Å². The lowest BCUT2D eigenvalue weighted by molar-refractivity contribution is -0.173. The van der Waals surface area contributed by atoms with Crippen LogP contribution in [0.3, 0.4) is 0 Å². The highest BCUT2D eigenvalue weighted by Gasteiger charge is 2.48. The van der Waals surface area contributed by atoms with E-state index in [4.69, 9.17) is 4.74 Å². The number of hydrogen-bond donors (Lipinski definition) is 2. The molecule has 11 heteroatoms. The number of amides is 1. The van der Waals surface area contributed by atoms with Crippen molar-refractivity contribution in [1.82, 2.24) is 15.1 Å². The summed E-state index contributed by atoms with van der Waals surface area (Å²) in [5.41, 5.74) is -0.0680. The van der Waals surface area contributed by atoms with Crippen molar-refractivity contribution >= 4 is 39.0 Å². The summed E-state index contributed by atoms with van der Waals surface area (Å²) in [6.07, 6.45) is -2.96. The van der Waals surface area contributed by atoms with E-state index in [1.165, 1.54) is 11.3 Å². The lowest BCUT2D eigenvalue weighted by Crippen LogP contribution is -2.36. The maximum atomic E-state index is 13.7. The third-order valence-corrected chi connectivity index (χ3v) is 6.65. The number of carbonyl (C=O) groups is 1. The molecule has 3 atom stereocenters. The molecule has 0 aromatic carbocycles. The number of aromatic nitrogens is 2. The molecule has 1 saturated heterocycles. The third kappa shape index (κ3) is 3.79. The van der Waals surface area contributed by atoms with E-state index in [0.29, 0.717) is 13.2 Å². The number of carbonyl (C=O) groups excluding carboxylic acids is 1. The maximum absolute atomic E-state index is 13.7. The summed E-state index contributed by atoms with van der Waals surface area (Å²) >= 11 is 4.66. The smallest absolute Gasteiger partial charge is 0.376 e. The number of alkyl halides is 3. The predicted molar refractivity (Wildman–Crippen MR) is 102 cm³/mol. The van der Waals surface area contributed by atoms with Gasteiger partial charge in [0.05, 0.1) is 16.6 Å². The van der Waals surface area contributed by atoms with E-state index >= 15 is 0 Å². The Balaban J connectivity index is 1.61. The lowest BCUT2D eigenvalue weighted by atomic mass is 10.0. The van der Waals surface area contributed by atoms with Crippen LogP contribution >= 0.6 is 27.3 Å². The first-order chi connectivity index (χ1) is 13.3. The number of nitrogens with one attached hydrogen (secondary N) is 2. The molecule has 0 unspecified atom stereocenters. The van der Waals surface area contributed by atoms with Crippen molar-refractivity contribution in [2.45, 2.75) is 43.6 Å². The summed E-state index contributed by atoms with van der Waals surface area (Å²) in [4.78, 5) is 13.3. The summed E-state index contributed by atoms with van der Waals surface area (Å²) in [5, 5.41) is 11.6. The van der Waals surface area contributed by atoms with Crippen molar-refractivity contribution in [3.05, 3.63) is 32.6 Å². The van der Waals surface area contributed by atoms with Crippen LogP contribution in [0.15, 0.2) is 22.0 Å². The second kappa shape index (κ2) is 7.68. The summed E-state index contributed by atoms with van der Waals surface area (Å²) < 4.78 is 47.7. The standard InChI is InChI=1S/C17H18BrF3N4O2S/c18-13-14(16(26)22-8-9-3-1-5-27-9)24-25-12(17(19,20)21)7-10(23-15(13)25)11-4-2-6-28-11/h2,4,6,9-10,12,23H,1,3,5,7-8H2,(H,22,26)/t9-,10-,12-/m1/s1. The Bertz CT molecular complexity index is 849. The van der Waals surface area contributed by atoms with Crippen LogP contribution in [-0.4, -0.2) is 41.1 Å². The Hall–Kier alpha value is -1.59. The van der Waals surface area contributed by atoms with Gasteiger partial charge in [-0.1, -0.05) is 6.07 Å². The average Bonchev–Trinajstić information content (AvgIpc) is 3.40. The van der Waals surface area contributed by atoms with Gasteiger partial charge in [0.1, 0.15) is 5.82 Å². The second-order valence-electron chi connectivity index (χ2n) is 6.81. The van der Waals surface area contributed by atoms with Crippen molar-refractivity contribution in [2.75, 3.05) is 18.5 Å². The van der Waals surface area contributed by atoms with Crippen molar-refractivity contribution < 1.29 is 22.7 Å². The van der Waals surface area contributed by atoms with Crippen LogP contribution in [0.2, 0.25) is 0 Å². The van der Waals surface area contributed by atoms with Gasteiger partial charge in [-0.25, -0.2) is 4.68 Å². The van der Waals surface area contributed by atoms with Crippen LogP contribution in [0.5, 0.6) is 0 Å². The minimum absolute atomic E-state index is 0.0655. The van der Waals surface area contributed by atoms with Crippen molar-refractivity contribution in [3.63, 3.8) is 0 Å². The molecule has 0 spiro atoms. The minimum atomic E-state index is -4.48. The van der Waals surface area contributed by atoms with Gasteiger partial charge in [-0.05, 0) is 40.2 Å². The van der Waals surface area contributed by atoms with Gasteiger partial charge in [0, 0.05) is 24.4 Å². The Morgan fingerprint density at radius 2 is 2.32 bits per heavy atom. The van der Waals surface area contributed by atoms with Crippen LogP contribution < -0.4 is 10.6 Å². The van der Waals surface area contributed by atoms with Crippen LogP contribution in [0.25, 0.3) is 0 Å². The first-order valence-corrected chi connectivity index (χ1v) is 10.6. The molecular formula is C17H18BrF3N4O2S. The third-order valence-electron chi connectivity index (χ3n) is 4.91. The number of hydrogen-bond acceptors (Lipinski definition) is 5. The molecule has 152 valence electrons. The highest BCUT2D eigenvalue weighted by atomic mass is 79.9. The number of ether oxygens (including phenoxy) is 1. The number of fused-ring (bicyclic) bond motifs is 1. The van der Waals surface area contributed by atoms with Gasteiger partial charge in [-0.3, -0.25) is 4.79 Å². The fourth-order valence-electron chi connectivity index (χ4n) is 3.51. The molecule has 6 nitrogen and oxygen atoms in total. The fraction of sp³-hybridized carbons (Fsp3) is 0.529. The second-order valence-corrected chi connectivity index (χ2v) is 8.58. The molecule has 2 N–H and O–H groups in total. The molecule has 4 rings (SSSR count). The number of thiophene rings is 1. The Kier molecular flexibility index (Phi) is 5.41. The molecule has 2 aliphatic heterocycles. The zero-order valence-corrected chi connectivity index (χ0v) is 17.0.